The highest BCUT2D eigenvalue weighted by Crippen LogP contribution is 2.43. The van der Waals surface area contributed by atoms with Gasteiger partial charge in [0.2, 0.25) is 0 Å². The quantitative estimate of drug-likeness (QED) is 0.841. The number of hydrogen-bond acceptors (Lipinski definition) is 3. The van der Waals surface area contributed by atoms with Crippen molar-refractivity contribution in [3.05, 3.63) is 0 Å². The zero-order valence-corrected chi connectivity index (χ0v) is 15.0. The van der Waals surface area contributed by atoms with Crippen LogP contribution in [0.1, 0.15) is 66.7 Å². The average Bonchev–Trinajstić information content (AvgIpc) is 2.58. The zero-order chi connectivity index (χ0) is 15.7. The Hall–Kier alpha value is -0.120. The normalized spacial score (nSPS) is 32.7. The molecule has 0 spiro atoms. The van der Waals surface area contributed by atoms with E-state index < -0.39 is 0 Å². The molecule has 2 atom stereocenters. The summed E-state index contributed by atoms with van der Waals surface area (Å²) in [4.78, 5) is 2.61. The lowest BCUT2D eigenvalue weighted by atomic mass is 9.81. The molecular formula is C18H36N2O. The second-order valence-electron chi connectivity index (χ2n) is 8.18. The van der Waals surface area contributed by atoms with E-state index in [0.717, 1.165) is 19.1 Å². The van der Waals surface area contributed by atoms with Crippen LogP contribution in [-0.4, -0.2) is 48.3 Å². The van der Waals surface area contributed by atoms with E-state index in [2.05, 4.69) is 51.9 Å². The van der Waals surface area contributed by atoms with Gasteiger partial charge in [0.25, 0.3) is 0 Å². The monoisotopic (exact) mass is 296 g/mol. The van der Waals surface area contributed by atoms with E-state index in [9.17, 15) is 0 Å². The van der Waals surface area contributed by atoms with Crippen molar-refractivity contribution in [2.45, 2.75) is 90.0 Å². The lowest BCUT2D eigenvalue weighted by Crippen LogP contribution is -2.51. The van der Waals surface area contributed by atoms with Crippen LogP contribution in [0.4, 0.5) is 0 Å². The Labute approximate surface area is 131 Å². The molecule has 1 heterocycles. The molecule has 0 aromatic carbocycles. The van der Waals surface area contributed by atoms with Gasteiger partial charge in [-0.05, 0) is 54.1 Å². The number of likely N-dealkylation sites (N-methyl/N-ethyl adjacent to an activating group) is 1. The van der Waals surface area contributed by atoms with E-state index in [-0.39, 0.29) is 11.2 Å². The fourth-order valence-electron chi connectivity index (χ4n) is 4.62. The van der Waals surface area contributed by atoms with Gasteiger partial charge in [0, 0.05) is 24.5 Å². The first kappa shape index (κ1) is 17.2. The highest BCUT2D eigenvalue weighted by molar-refractivity contribution is 5.06. The summed E-state index contributed by atoms with van der Waals surface area (Å²) in [5, 5.41) is 3.70. The van der Waals surface area contributed by atoms with Crippen LogP contribution in [0, 0.1) is 5.92 Å². The van der Waals surface area contributed by atoms with Gasteiger partial charge in [-0.25, -0.2) is 0 Å². The molecule has 124 valence electrons. The fraction of sp³-hybridized carbons (Fsp3) is 1.00. The molecule has 21 heavy (non-hydrogen) atoms. The predicted octanol–water partition coefficient (Wildman–Crippen LogP) is 3.43. The molecule has 2 fully saturated rings. The minimum atomic E-state index is -0.0857. The third-order valence-electron chi connectivity index (χ3n) is 5.68. The standard InChI is InChI=1S/C18H36N2O/c1-7-19-16-15(17(2,3)21-18(16,4)5)13-20(6)14-11-9-8-10-12-14/h14-16,19H,7-13H2,1-6H3. The van der Waals surface area contributed by atoms with Gasteiger partial charge in [-0.15, -0.1) is 0 Å². The van der Waals surface area contributed by atoms with Crippen LogP contribution >= 0.6 is 0 Å². The van der Waals surface area contributed by atoms with Crippen molar-refractivity contribution < 1.29 is 4.74 Å². The summed E-state index contributed by atoms with van der Waals surface area (Å²) in [6, 6.07) is 1.21. The van der Waals surface area contributed by atoms with Gasteiger partial charge in [-0.1, -0.05) is 26.2 Å². The molecule has 2 rings (SSSR count). The molecule has 0 aromatic rings. The van der Waals surface area contributed by atoms with Crippen LogP contribution in [0.2, 0.25) is 0 Å². The van der Waals surface area contributed by atoms with E-state index in [0.29, 0.717) is 12.0 Å². The van der Waals surface area contributed by atoms with Crippen molar-refractivity contribution in [2.24, 2.45) is 5.92 Å². The first-order valence-electron chi connectivity index (χ1n) is 8.91. The zero-order valence-electron chi connectivity index (χ0n) is 15.0. The Balaban J connectivity index is 2.07. The lowest BCUT2D eigenvalue weighted by molar-refractivity contribution is -0.0799. The van der Waals surface area contributed by atoms with Crippen molar-refractivity contribution in [2.75, 3.05) is 20.1 Å². The summed E-state index contributed by atoms with van der Waals surface area (Å²) in [5.41, 5.74) is -0.142. The van der Waals surface area contributed by atoms with Crippen molar-refractivity contribution in [3.8, 4) is 0 Å². The molecule has 1 saturated heterocycles. The van der Waals surface area contributed by atoms with Crippen molar-refractivity contribution >= 4 is 0 Å². The summed E-state index contributed by atoms with van der Waals surface area (Å²) in [5.74, 6) is 0.541. The molecule has 1 N–H and O–H groups in total. The molecule has 3 heteroatoms. The third kappa shape index (κ3) is 3.80. The van der Waals surface area contributed by atoms with Gasteiger partial charge in [-0.3, -0.25) is 0 Å². The van der Waals surface area contributed by atoms with E-state index >= 15 is 0 Å². The van der Waals surface area contributed by atoms with Crippen LogP contribution < -0.4 is 5.32 Å². The van der Waals surface area contributed by atoms with Crippen LogP contribution in [0.3, 0.4) is 0 Å². The Morgan fingerprint density at radius 2 is 1.67 bits per heavy atom. The van der Waals surface area contributed by atoms with Crippen molar-refractivity contribution in [1.82, 2.24) is 10.2 Å². The molecule has 2 unspecified atom stereocenters. The van der Waals surface area contributed by atoms with Gasteiger partial charge in [0.05, 0.1) is 11.2 Å². The molecule has 3 nitrogen and oxygen atoms in total. The van der Waals surface area contributed by atoms with Gasteiger partial charge in [0.15, 0.2) is 0 Å². The Morgan fingerprint density at radius 3 is 2.24 bits per heavy atom. The Morgan fingerprint density at radius 1 is 1.05 bits per heavy atom. The van der Waals surface area contributed by atoms with Crippen LogP contribution in [0.5, 0.6) is 0 Å². The molecule has 1 aliphatic heterocycles. The van der Waals surface area contributed by atoms with Gasteiger partial charge >= 0.3 is 0 Å². The molecule has 0 aromatic heterocycles. The molecule has 1 aliphatic carbocycles. The average molecular weight is 296 g/mol. The SMILES string of the molecule is CCNC1C(CN(C)C2CCCCC2)C(C)(C)OC1(C)C. The Kier molecular flexibility index (Phi) is 5.38. The maximum Gasteiger partial charge on any atom is 0.0790 e. The number of hydrogen-bond donors (Lipinski definition) is 1. The maximum atomic E-state index is 6.41. The second-order valence-corrected chi connectivity index (χ2v) is 8.18. The van der Waals surface area contributed by atoms with Crippen molar-refractivity contribution in [1.29, 1.82) is 0 Å². The summed E-state index contributed by atoms with van der Waals surface area (Å²) in [6.45, 7) is 13.4. The molecule has 0 amide bonds. The first-order chi connectivity index (χ1) is 9.78. The number of rotatable bonds is 5. The molecular weight excluding hydrogens is 260 g/mol. The minimum Gasteiger partial charge on any atom is -0.368 e. The van der Waals surface area contributed by atoms with Crippen molar-refractivity contribution in [3.63, 3.8) is 0 Å². The topological polar surface area (TPSA) is 24.5 Å². The van der Waals surface area contributed by atoms with Gasteiger partial charge in [0.1, 0.15) is 0 Å². The van der Waals surface area contributed by atoms with E-state index in [1.165, 1.54) is 32.1 Å². The summed E-state index contributed by atoms with van der Waals surface area (Å²) < 4.78 is 6.41. The highest BCUT2D eigenvalue weighted by atomic mass is 16.5. The minimum absolute atomic E-state index is 0.0563. The summed E-state index contributed by atoms with van der Waals surface area (Å²) in [7, 11) is 2.32. The Bertz CT molecular complexity index is 334. The predicted molar refractivity (Wildman–Crippen MR) is 89.7 cm³/mol. The second kappa shape index (κ2) is 6.55. The van der Waals surface area contributed by atoms with E-state index in [1.54, 1.807) is 0 Å². The van der Waals surface area contributed by atoms with E-state index in [1.807, 2.05) is 0 Å². The van der Waals surface area contributed by atoms with E-state index in [4.69, 9.17) is 4.74 Å². The summed E-state index contributed by atoms with van der Waals surface area (Å²) >= 11 is 0. The molecule has 0 radical (unpaired) electrons. The first-order valence-corrected chi connectivity index (χ1v) is 8.91. The molecule has 0 bridgehead atoms. The fourth-order valence-corrected chi connectivity index (χ4v) is 4.62. The lowest BCUT2D eigenvalue weighted by Gasteiger charge is -2.38. The van der Waals surface area contributed by atoms with Crippen LogP contribution in [0.25, 0.3) is 0 Å². The highest BCUT2D eigenvalue weighted by Gasteiger charge is 2.53. The van der Waals surface area contributed by atoms with Gasteiger partial charge in [-0.2, -0.15) is 0 Å². The number of ether oxygens (including phenoxy) is 1. The third-order valence-corrected chi connectivity index (χ3v) is 5.68. The number of nitrogens with one attached hydrogen (secondary N) is 1. The molecule has 2 aliphatic rings. The number of nitrogens with zero attached hydrogens (tertiary/aromatic N) is 1. The van der Waals surface area contributed by atoms with Gasteiger partial charge < -0.3 is 15.0 Å². The largest absolute Gasteiger partial charge is 0.368 e. The molecule has 1 saturated carbocycles. The van der Waals surface area contributed by atoms with Crippen LogP contribution in [0.15, 0.2) is 0 Å². The van der Waals surface area contributed by atoms with Crippen LogP contribution in [-0.2, 0) is 4.74 Å². The maximum absolute atomic E-state index is 6.41. The smallest absolute Gasteiger partial charge is 0.0790 e. The summed E-state index contributed by atoms with van der Waals surface area (Å²) in [6.07, 6.45) is 6.98.